The molecular weight excluding hydrogens is 422 g/mol. The van der Waals surface area contributed by atoms with Gasteiger partial charge in [-0.15, -0.1) is 11.8 Å². The number of methoxy groups -OCH3 is 1. The van der Waals surface area contributed by atoms with Crippen molar-refractivity contribution in [1.82, 2.24) is 16.0 Å². The predicted molar refractivity (Wildman–Crippen MR) is 116 cm³/mol. The van der Waals surface area contributed by atoms with Gasteiger partial charge in [-0.05, 0) is 25.0 Å². The monoisotopic (exact) mass is 451 g/mol. The van der Waals surface area contributed by atoms with E-state index in [1.54, 1.807) is 31.4 Å². The molecule has 0 saturated heterocycles. The standard InChI is InChI=1S/C21H29N3O6S/c1-29-12-11-22-19(26)14-31-17-10-6-5-9-16(17)20(27)30-13-18(25)24-21(28)23-15-7-3-2-4-8-15/h5-6,9-10,15H,2-4,7-8,11-14H2,1H3,(H,22,26)(H2,23,24,25,28). The fraction of sp³-hybridized carbons (Fsp3) is 0.524. The number of carbonyl (C=O) groups excluding carboxylic acids is 4. The third kappa shape index (κ3) is 9.39. The molecule has 1 aliphatic carbocycles. The van der Waals surface area contributed by atoms with E-state index in [2.05, 4.69) is 16.0 Å². The summed E-state index contributed by atoms with van der Waals surface area (Å²) in [7, 11) is 1.55. The fourth-order valence-electron chi connectivity index (χ4n) is 3.09. The molecule has 1 aromatic rings. The number of carbonyl (C=O) groups is 4. The van der Waals surface area contributed by atoms with E-state index >= 15 is 0 Å². The molecular formula is C21H29N3O6S. The van der Waals surface area contributed by atoms with Crippen molar-refractivity contribution in [3.05, 3.63) is 29.8 Å². The van der Waals surface area contributed by atoms with E-state index in [1.165, 1.54) is 11.8 Å². The third-order valence-corrected chi connectivity index (χ3v) is 5.70. The van der Waals surface area contributed by atoms with Gasteiger partial charge in [0.05, 0.1) is 17.9 Å². The minimum Gasteiger partial charge on any atom is -0.452 e. The number of urea groups is 1. The minimum atomic E-state index is -0.704. The van der Waals surface area contributed by atoms with Crippen LogP contribution in [-0.2, 0) is 19.1 Å². The first-order chi connectivity index (χ1) is 15.0. The lowest BCUT2D eigenvalue weighted by molar-refractivity contribution is -0.123. The molecule has 0 bridgehead atoms. The van der Waals surface area contributed by atoms with Gasteiger partial charge in [-0.1, -0.05) is 31.4 Å². The van der Waals surface area contributed by atoms with E-state index < -0.39 is 24.5 Å². The van der Waals surface area contributed by atoms with E-state index in [0.29, 0.717) is 18.0 Å². The maximum atomic E-state index is 12.4. The largest absolute Gasteiger partial charge is 0.452 e. The maximum absolute atomic E-state index is 12.4. The molecule has 1 aromatic carbocycles. The number of thioether (sulfide) groups is 1. The number of imide groups is 1. The first-order valence-corrected chi connectivity index (χ1v) is 11.2. The van der Waals surface area contributed by atoms with Crippen LogP contribution in [0.5, 0.6) is 0 Å². The van der Waals surface area contributed by atoms with Gasteiger partial charge in [-0.3, -0.25) is 14.9 Å². The molecule has 0 unspecified atom stereocenters. The zero-order chi connectivity index (χ0) is 22.5. The van der Waals surface area contributed by atoms with Crippen molar-refractivity contribution in [3.8, 4) is 0 Å². The van der Waals surface area contributed by atoms with Gasteiger partial charge < -0.3 is 20.1 Å². The molecule has 2 rings (SSSR count). The fourth-order valence-corrected chi connectivity index (χ4v) is 3.96. The second kappa shape index (κ2) is 13.7. The van der Waals surface area contributed by atoms with E-state index in [4.69, 9.17) is 9.47 Å². The molecule has 10 heteroatoms. The minimum absolute atomic E-state index is 0.0692. The Morgan fingerprint density at radius 1 is 1.06 bits per heavy atom. The Hall–Kier alpha value is -2.59. The van der Waals surface area contributed by atoms with Crippen LogP contribution in [0.4, 0.5) is 4.79 Å². The van der Waals surface area contributed by atoms with Gasteiger partial charge in [-0.25, -0.2) is 9.59 Å². The molecule has 0 spiro atoms. The number of esters is 1. The van der Waals surface area contributed by atoms with Crippen molar-refractivity contribution in [3.63, 3.8) is 0 Å². The summed E-state index contributed by atoms with van der Waals surface area (Å²) in [5.41, 5.74) is 0.247. The molecule has 1 fully saturated rings. The molecule has 1 aliphatic rings. The van der Waals surface area contributed by atoms with Gasteiger partial charge in [-0.2, -0.15) is 0 Å². The zero-order valence-corrected chi connectivity index (χ0v) is 18.4. The highest BCUT2D eigenvalue weighted by atomic mass is 32.2. The summed E-state index contributed by atoms with van der Waals surface area (Å²) in [5, 5.41) is 7.64. The first kappa shape index (κ1) is 24.7. The second-order valence-electron chi connectivity index (χ2n) is 7.06. The Morgan fingerprint density at radius 3 is 2.55 bits per heavy atom. The Balaban J connectivity index is 1.77. The van der Waals surface area contributed by atoms with Crippen LogP contribution in [0.15, 0.2) is 29.2 Å². The van der Waals surface area contributed by atoms with E-state index in [1.807, 2.05) is 0 Å². The Labute approximate surface area is 186 Å². The van der Waals surface area contributed by atoms with Crippen molar-refractivity contribution in [2.24, 2.45) is 0 Å². The highest BCUT2D eigenvalue weighted by Crippen LogP contribution is 2.23. The lowest BCUT2D eigenvalue weighted by Gasteiger charge is -2.22. The summed E-state index contributed by atoms with van der Waals surface area (Å²) in [6, 6.07) is 6.15. The van der Waals surface area contributed by atoms with Crippen LogP contribution in [0.3, 0.4) is 0 Å². The van der Waals surface area contributed by atoms with E-state index in [-0.39, 0.29) is 23.3 Å². The molecule has 0 aromatic heterocycles. The van der Waals surface area contributed by atoms with Crippen LogP contribution >= 0.6 is 11.8 Å². The number of ether oxygens (including phenoxy) is 2. The number of hydrogen-bond donors (Lipinski definition) is 3. The highest BCUT2D eigenvalue weighted by molar-refractivity contribution is 8.00. The summed E-state index contributed by atoms with van der Waals surface area (Å²) < 4.78 is 9.92. The van der Waals surface area contributed by atoms with Crippen LogP contribution in [0.2, 0.25) is 0 Å². The molecule has 1 saturated carbocycles. The molecule has 3 N–H and O–H groups in total. The SMILES string of the molecule is COCCNC(=O)CSc1ccccc1C(=O)OCC(=O)NC(=O)NC1CCCCC1. The van der Waals surface area contributed by atoms with Crippen molar-refractivity contribution in [1.29, 1.82) is 0 Å². The van der Waals surface area contributed by atoms with Gasteiger partial charge in [0.25, 0.3) is 5.91 Å². The topological polar surface area (TPSA) is 123 Å². The van der Waals surface area contributed by atoms with Gasteiger partial charge in [0.1, 0.15) is 0 Å². The summed E-state index contributed by atoms with van der Waals surface area (Å²) in [4.78, 5) is 48.6. The summed E-state index contributed by atoms with van der Waals surface area (Å²) in [6.07, 6.45) is 5.07. The van der Waals surface area contributed by atoms with Crippen LogP contribution in [0, 0.1) is 0 Å². The molecule has 0 radical (unpaired) electrons. The Bertz CT molecular complexity index is 767. The van der Waals surface area contributed by atoms with Gasteiger partial charge >= 0.3 is 12.0 Å². The highest BCUT2D eigenvalue weighted by Gasteiger charge is 2.19. The van der Waals surface area contributed by atoms with Crippen LogP contribution in [0.25, 0.3) is 0 Å². The van der Waals surface area contributed by atoms with Crippen molar-refractivity contribution < 1.29 is 28.7 Å². The van der Waals surface area contributed by atoms with Crippen LogP contribution in [-0.4, -0.2) is 62.5 Å². The van der Waals surface area contributed by atoms with Gasteiger partial charge in [0.15, 0.2) is 6.61 Å². The van der Waals surface area contributed by atoms with Crippen LogP contribution in [0.1, 0.15) is 42.5 Å². The lowest BCUT2D eigenvalue weighted by Crippen LogP contribution is -2.46. The molecule has 0 aliphatic heterocycles. The summed E-state index contributed by atoms with van der Waals surface area (Å²) in [6.45, 7) is 0.247. The molecule has 170 valence electrons. The average Bonchev–Trinajstić information content (AvgIpc) is 2.77. The number of hydrogen-bond acceptors (Lipinski definition) is 7. The molecule has 0 heterocycles. The van der Waals surface area contributed by atoms with Gasteiger partial charge in [0, 0.05) is 24.6 Å². The van der Waals surface area contributed by atoms with Crippen molar-refractivity contribution in [2.75, 3.05) is 32.6 Å². The summed E-state index contributed by atoms with van der Waals surface area (Å²) in [5.74, 6) is -1.47. The number of amides is 4. The van der Waals surface area contributed by atoms with Crippen molar-refractivity contribution in [2.45, 2.75) is 43.0 Å². The molecule has 4 amide bonds. The lowest BCUT2D eigenvalue weighted by atomic mass is 9.96. The van der Waals surface area contributed by atoms with Gasteiger partial charge in [0.2, 0.25) is 5.91 Å². The normalized spacial score (nSPS) is 13.8. The summed E-state index contributed by atoms with van der Waals surface area (Å²) >= 11 is 1.19. The molecule has 9 nitrogen and oxygen atoms in total. The quantitative estimate of drug-likeness (QED) is 0.282. The smallest absolute Gasteiger partial charge is 0.339 e. The zero-order valence-electron chi connectivity index (χ0n) is 17.6. The molecule has 0 atom stereocenters. The third-order valence-electron chi connectivity index (χ3n) is 4.62. The predicted octanol–water partition coefficient (Wildman–Crippen LogP) is 1.86. The Morgan fingerprint density at radius 2 is 1.81 bits per heavy atom. The number of nitrogens with one attached hydrogen (secondary N) is 3. The van der Waals surface area contributed by atoms with Crippen LogP contribution < -0.4 is 16.0 Å². The van der Waals surface area contributed by atoms with Crippen molar-refractivity contribution >= 4 is 35.6 Å². The Kier molecular flexibility index (Phi) is 10.9. The average molecular weight is 452 g/mol. The second-order valence-corrected chi connectivity index (χ2v) is 8.08. The first-order valence-electron chi connectivity index (χ1n) is 10.2. The van der Waals surface area contributed by atoms with E-state index in [9.17, 15) is 19.2 Å². The number of rotatable bonds is 10. The number of benzene rings is 1. The molecule has 31 heavy (non-hydrogen) atoms. The van der Waals surface area contributed by atoms with E-state index in [0.717, 1.165) is 32.1 Å². The maximum Gasteiger partial charge on any atom is 0.339 e.